The molecule has 0 radical (unpaired) electrons. The SMILES string of the molecule is CC1(C)c2ccccc2C(c2ccccc2)(c2cccc3c2oc2ccc4ccccc4c23)c2ccccc21. The van der Waals surface area contributed by atoms with Crippen molar-refractivity contribution in [3.63, 3.8) is 0 Å². The quantitative estimate of drug-likeness (QED) is 0.230. The Balaban J connectivity index is 1.61. The van der Waals surface area contributed by atoms with E-state index in [9.17, 15) is 0 Å². The van der Waals surface area contributed by atoms with E-state index >= 15 is 0 Å². The third kappa shape index (κ3) is 2.85. The summed E-state index contributed by atoms with van der Waals surface area (Å²) in [6.45, 7) is 4.71. The monoisotopic (exact) mass is 500 g/mol. The molecule has 0 saturated carbocycles. The first-order valence-corrected chi connectivity index (χ1v) is 13.7. The average Bonchev–Trinajstić information content (AvgIpc) is 3.38. The van der Waals surface area contributed by atoms with Crippen molar-refractivity contribution in [2.24, 2.45) is 0 Å². The molecule has 0 fully saturated rings. The minimum Gasteiger partial charge on any atom is -0.456 e. The summed E-state index contributed by atoms with van der Waals surface area (Å²) in [5.41, 5.74) is 8.98. The van der Waals surface area contributed by atoms with E-state index in [4.69, 9.17) is 4.42 Å². The van der Waals surface area contributed by atoms with Crippen LogP contribution >= 0.6 is 0 Å². The molecular formula is C38H28O. The second-order valence-corrected chi connectivity index (χ2v) is 11.3. The van der Waals surface area contributed by atoms with Gasteiger partial charge in [-0.1, -0.05) is 141 Å². The van der Waals surface area contributed by atoms with E-state index in [-0.39, 0.29) is 5.41 Å². The number of fused-ring (bicyclic) bond motifs is 7. The summed E-state index contributed by atoms with van der Waals surface area (Å²) in [7, 11) is 0. The summed E-state index contributed by atoms with van der Waals surface area (Å²) >= 11 is 0. The van der Waals surface area contributed by atoms with Crippen molar-refractivity contribution in [2.75, 3.05) is 0 Å². The fourth-order valence-electron chi connectivity index (χ4n) is 7.31. The topological polar surface area (TPSA) is 13.1 Å². The molecule has 0 unspecified atom stereocenters. The van der Waals surface area contributed by atoms with Crippen LogP contribution in [0.25, 0.3) is 32.7 Å². The number of para-hydroxylation sites is 1. The second-order valence-electron chi connectivity index (χ2n) is 11.3. The smallest absolute Gasteiger partial charge is 0.140 e. The lowest BCUT2D eigenvalue weighted by molar-refractivity contribution is 0.554. The van der Waals surface area contributed by atoms with E-state index in [1.54, 1.807) is 0 Å². The van der Waals surface area contributed by atoms with Crippen molar-refractivity contribution >= 4 is 32.7 Å². The van der Waals surface area contributed by atoms with E-state index in [0.29, 0.717) is 0 Å². The Morgan fingerprint density at radius 3 is 1.74 bits per heavy atom. The van der Waals surface area contributed by atoms with Crippen LogP contribution in [-0.4, -0.2) is 0 Å². The molecule has 0 spiro atoms. The van der Waals surface area contributed by atoms with Crippen molar-refractivity contribution in [1.82, 2.24) is 0 Å². The fraction of sp³-hybridized carbons (Fsp3) is 0.105. The van der Waals surface area contributed by atoms with Gasteiger partial charge in [-0.3, -0.25) is 0 Å². The maximum Gasteiger partial charge on any atom is 0.140 e. The normalized spacial score (nSPS) is 15.3. The first-order chi connectivity index (χ1) is 19.1. The fourth-order valence-corrected chi connectivity index (χ4v) is 7.31. The van der Waals surface area contributed by atoms with Crippen LogP contribution in [-0.2, 0) is 10.8 Å². The van der Waals surface area contributed by atoms with Crippen molar-refractivity contribution in [3.8, 4) is 0 Å². The van der Waals surface area contributed by atoms with Crippen LogP contribution in [0, 0.1) is 0 Å². The lowest BCUT2D eigenvalue weighted by Gasteiger charge is -2.47. The van der Waals surface area contributed by atoms with E-state index in [0.717, 1.165) is 16.6 Å². The molecule has 0 bridgehead atoms. The predicted octanol–water partition coefficient (Wildman–Crippen LogP) is 9.76. The summed E-state index contributed by atoms with van der Waals surface area (Å²) in [5, 5.41) is 4.80. The zero-order chi connectivity index (χ0) is 26.2. The van der Waals surface area contributed by atoms with Crippen molar-refractivity contribution in [1.29, 1.82) is 0 Å². The highest BCUT2D eigenvalue weighted by Gasteiger charge is 2.49. The highest BCUT2D eigenvalue weighted by molar-refractivity contribution is 6.19. The third-order valence-electron chi connectivity index (χ3n) is 9.01. The van der Waals surface area contributed by atoms with E-state index in [1.165, 1.54) is 49.5 Å². The van der Waals surface area contributed by atoms with Crippen molar-refractivity contribution in [3.05, 3.63) is 167 Å². The minimum atomic E-state index is -0.535. The van der Waals surface area contributed by atoms with Gasteiger partial charge in [-0.25, -0.2) is 0 Å². The van der Waals surface area contributed by atoms with Gasteiger partial charge in [-0.15, -0.1) is 0 Å². The second kappa shape index (κ2) is 7.94. The summed E-state index contributed by atoms with van der Waals surface area (Å²) in [5.74, 6) is 0. The molecular weight excluding hydrogens is 472 g/mol. The zero-order valence-electron chi connectivity index (χ0n) is 22.1. The number of hydrogen-bond acceptors (Lipinski definition) is 1. The largest absolute Gasteiger partial charge is 0.456 e. The Hall–Kier alpha value is -4.62. The van der Waals surface area contributed by atoms with E-state index < -0.39 is 5.41 Å². The number of furan rings is 1. The van der Waals surface area contributed by atoms with Gasteiger partial charge in [0.15, 0.2) is 0 Å². The highest BCUT2D eigenvalue weighted by Crippen LogP contribution is 2.57. The van der Waals surface area contributed by atoms with Gasteiger partial charge in [-0.2, -0.15) is 0 Å². The molecule has 0 aliphatic heterocycles. The van der Waals surface area contributed by atoms with Gasteiger partial charge in [0.25, 0.3) is 0 Å². The molecule has 1 heterocycles. The summed E-state index contributed by atoms with van der Waals surface area (Å²) < 4.78 is 6.87. The van der Waals surface area contributed by atoms with E-state index in [1.807, 2.05) is 0 Å². The number of benzene rings is 6. The summed E-state index contributed by atoms with van der Waals surface area (Å²) in [6.07, 6.45) is 0. The molecule has 1 nitrogen and oxygen atoms in total. The van der Waals surface area contributed by atoms with Crippen LogP contribution in [0.2, 0.25) is 0 Å². The van der Waals surface area contributed by atoms with Crippen molar-refractivity contribution < 1.29 is 4.42 Å². The van der Waals surface area contributed by atoms with Gasteiger partial charge in [0.05, 0.1) is 5.41 Å². The highest BCUT2D eigenvalue weighted by atomic mass is 16.3. The van der Waals surface area contributed by atoms with Gasteiger partial charge in [-0.05, 0) is 44.7 Å². The molecule has 0 amide bonds. The molecule has 0 N–H and O–H groups in total. The minimum absolute atomic E-state index is 0.135. The lowest BCUT2D eigenvalue weighted by atomic mass is 9.54. The van der Waals surface area contributed by atoms with Gasteiger partial charge < -0.3 is 4.42 Å². The van der Waals surface area contributed by atoms with Gasteiger partial charge in [0.2, 0.25) is 0 Å². The Kier molecular flexibility index (Phi) is 4.56. The van der Waals surface area contributed by atoms with Crippen LogP contribution in [0.1, 0.15) is 47.2 Å². The van der Waals surface area contributed by atoms with E-state index in [2.05, 4.69) is 147 Å². The zero-order valence-corrected chi connectivity index (χ0v) is 22.1. The molecule has 0 atom stereocenters. The molecule has 1 aromatic heterocycles. The first-order valence-electron chi connectivity index (χ1n) is 13.7. The van der Waals surface area contributed by atoms with Crippen LogP contribution in [0.5, 0.6) is 0 Å². The number of hydrogen-bond donors (Lipinski definition) is 0. The number of rotatable bonds is 2. The van der Waals surface area contributed by atoms with Gasteiger partial charge in [0, 0.05) is 21.8 Å². The molecule has 8 rings (SSSR count). The van der Waals surface area contributed by atoms with Gasteiger partial charge in [0.1, 0.15) is 11.2 Å². The molecule has 186 valence electrons. The van der Waals surface area contributed by atoms with Crippen LogP contribution in [0.4, 0.5) is 0 Å². The van der Waals surface area contributed by atoms with Gasteiger partial charge >= 0.3 is 0 Å². The summed E-state index contributed by atoms with van der Waals surface area (Å²) in [6, 6.07) is 48.6. The molecule has 0 saturated heterocycles. The average molecular weight is 501 g/mol. The van der Waals surface area contributed by atoms with Crippen LogP contribution in [0.3, 0.4) is 0 Å². The molecule has 1 heteroatoms. The van der Waals surface area contributed by atoms with Crippen molar-refractivity contribution in [2.45, 2.75) is 24.7 Å². The van der Waals surface area contributed by atoms with Crippen LogP contribution in [0.15, 0.2) is 138 Å². The van der Waals surface area contributed by atoms with Crippen LogP contribution < -0.4 is 0 Å². The predicted molar refractivity (Wildman–Crippen MR) is 162 cm³/mol. The molecule has 7 aromatic rings. The maximum absolute atomic E-state index is 6.87. The maximum atomic E-state index is 6.87. The molecule has 6 aromatic carbocycles. The first kappa shape index (κ1) is 22.4. The molecule has 1 aliphatic rings. The summed E-state index contributed by atoms with van der Waals surface area (Å²) in [4.78, 5) is 0. The Bertz CT molecular complexity index is 1990. The Labute approximate surface area is 228 Å². The standard InChI is InChI=1S/C38H28O/c1-37(2)29-18-8-10-20-31(29)38(26-14-4-3-5-15-26,32-21-11-9-19-30(32)37)33-22-12-17-28-35-27-16-7-6-13-25(27)23-24-34(35)39-36(28)33/h3-24H,1-2H3. The molecule has 39 heavy (non-hydrogen) atoms. The molecule has 1 aliphatic carbocycles. The Morgan fingerprint density at radius 1 is 0.462 bits per heavy atom. The lowest BCUT2D eigenvalue weighted by Crippen LogP contribution is -2.41. The third-order valence-corrected chi connectivity index (χ3v) is 9.01. The Morgan fingerprint density at radius 2 is 1.03 bits per heavy atom.